The number of halogens is 1. The van der Waals surface area contributed by atoms with Crippen molar-refractivity contribution in [1.29, 1.82) is 5.41 Å². The van der Waals surface area contributed by atoms with Gasteiger partial charge < -0.3 is 11.1 Å². The quantitative estimate of drug-likeness (QED) is 0.443. The summed E-state index contributed by atoms with van der Waals surface area (Å²) in [5, 5.41) is 6.97. The zero-order valence-corrected chi connectivity index (χ0v) is 7.42. The normalized spacial score (nSPS) is 9.30. The van der Waals surface area contributed by atoms with E-state index >= 15 is 0 Å². The molecule has 0 unspecified atom stereocenters. The molecule has 0 aliphatic carbocycles. The van der Waals surface area contributed by atoms with Gasteiger partial charge in [0.25, 0.3) is 0 Å². The Hall–Kier alpha value is -0.580. The monoisotopic (exact) mass is 246 g/mol. The van der Waals surface area contributed by atoms with E-state index in [0.29, 0.717) is 5.69 Å². The van der Waals surface area contributed by atoms with Crippen molar-refractivity contribution in [1.82, 2.24) is 0 Å². The highest BCUT2D eigenvalue weighted by Crippen LogP contribution is 2.12. The standard InChI is InChI=1S/C7H7IN2/c8-6-1-2-7(10)5(3-6)4-9/h1-4,9H,10H2. The molecule has 0 atom stereocenters. The minimum atomic E-state index is 0.662. The Morgan fingerprint density at radius 1 is 1.50 bits per heavy atom. The summed E-state index contributed by atoms with van der Waals surface area (Å²) in [6, 6.07) is 5.61. The largest absolute Gasteiger partial charge is 0.398 e. The lowest BCUT2D eigenvalue weighted by molar-refractivity contribution is 1.52. The van der Waals surface area contributed by atoms with Gasteiger partial charge in [-0.05, 0) is 40.8 Å². The summed E-state index contributed by atoms with van der Waals surface area (Å²) in [6.45, 7) is 0. The van der Waals surface area contributed by atoms with Crippen molar-refractivity contribution in [3.8, 4) is 0 Å². The van der Waals surface area contributed by atoms with E-state index in [2.05, 4.69) is 22.6 Å². The summed E-state index contributed by atoms with van der Waals surface area (Å²) in [7, 11) is 0. The number of nitrogens with one attached hydrogen (secondary N) is 1. The smallest absolute Gasteiger partial charge is 0.0403 e. The summed E-state index contributed by atoms with van der Waals surface area (Å²) in [5.74, 6) is 0. The van der Waals surface area contributed by atoms with Crippen LogP contribution in [0.1, 0.15) is 5.56 Å². The van der Waals surface area contributed by atoms with Crippen molar-refractivity contribution in [3.05, 3.63) is 27.3 Å². The lowest BCUT2D eigenvalue weighted by atomic mass is 10.2. The molecule has 0 fully saturated rings. The number of nitrogen functional groups attached to an aromatic ring is 1. The Kier molecular flexibility index (Phi) is 2.26. The molecular weight excluding hydrogens is 239 g/mol. The maximum atomic E-state index is 6.97. The lowest BCUT2D eigenvalue weighted by Crippen LogP contribution is -1.92. The van der Waals surface area contributed by atoms with Crippen LogP contribution < -0.4 is 5.73 Å². The fraction of sp³-hybridized carbons (Fsp3) is 0. The molecule has 2 nitrogen and oxygen atoms in total. The molecule has 0 bridgehead atoms. The van der Waals surface area contributed by atoms with Gasteiger partial charge in [0.2, 0.25) is 0 Å². The van der Waals surface area contributed by atoms with Gasteiger partial charge in [-0.15, -0.1) is 0 Å². The molecule has 0 spiro atoms. The van der Waals surface area contributed by atoms with Gasteiger partial charge in [-0.2, -0.15) is 0 Å². The maximum Gasteiger partial charge on any atom is 0.0403 e. The Bertz CT molecular complexity index is 258. The Morgan fingerprint density at radius 3 is 2.70 bits per heavy atom. The number of rotatable bonds is 1. The van der Waals surface area contributed by atoms with Crippen LogP contribution in [0.25, 0.3) is 0 Å². The third-order valence-electron chi connectivity index (χ3n) is 1.20. The zero-order chi connectivity index (χ0) is 7.56. The van der Waals surface area contributed by atoms with Gasteiger partial charge in [-0.1, -0.05) is 0 Å². The first kappa shape index (κ1) is 7.53. The van der Waals surface area contributed by atoms with E-state index in [0.717, 1.165) is 9.13 Å². The van der Waals surface area contributed by atoms with E-state index in [-0.39, 0.29) is 0 Å². The first-order valence-electron chi connectivity index (χ1n) is 2.79. The van der Waals surface area contributed by atoms with E-state index < -0.39 is 0 Å². The van der Waals surface area contributed by atoms with Crippen molar-refractivity contribution in [3.63, 3.8) is 0 Å². The molecule has 1 aromatic carbocycles. The molecule has 10 heavy (non-hydrogen) atoms. The summed E-state index contributed by atoms with van der Waals surface area (Å²) in [4.78, 5) is 0. The predicted molar refractivity (Wildman–Crippen MR) is 51.5 cm³/mol. The SMILES string of the molecule is N=Cc1cc(I)ccc1N. The Balaban J connectivity index is 3.21. The van der Waals surface area contributed by atoms with Crippen LogP contribution in [0.15, 0.2) is 18.2 Å². The molecule has 0 saturated carbocycles. The number of benzene rings is 1. The van der Waals surface area contributed by atoms with Gasteiger partial charge in [-0.3, -0.25) is 0 Å². The number of hydrogen-bond acceptors (Lipinski definition) is 2. The van der Waals surface area contributed by atoms with Crippen LogP contribution in [0.4, 0.5) is 5.69 Å². The van der Waals surface area contributed by atoms with Crippen molar-refractivity contribution in [2.75, 3.05) is 5.73 Å². The number of hydrogen-bond donors (Lipinski definition) is 2. The fourth-order valence-corrected chi connectivity index (χ4v) is 1.19. The average Bonchev–Trinajstić information content (AvgIpc) is 1.94. The number of anilines is 1. The highest BCUT2D eigenvalue weighted by atomic mass is 127. The molecule has 1 rings (SSSR count). The summed E-state index contributed by atoms with van der Waals surface area (Å²) < 4.78 is 1.10. The lowest BCUT2D eigenvalue weighted by Gasteiger charge is -1.97. The van der Waals surface area contributed by atoms with Crippen molar-refractivity contribution in [2.45, 2.75) is 0 Å². The zero-order valence-electron chi connectivity index (χ0n) is 5.26. The van der Waals surface area contributed by atoms with Crippen LogP contribution in [0, 0.1) is 8.98 Å². The van der Waals surface area contributed by atoms with Crippen LogP contribution in [-0.2, 0) is 0 Å². The second-order valence-corrected chi connectivity index (χ2v) is 3.16. The van der Waals surface area contributed by atoms with E-state index in [4.69, 9.17) is 11.1 Å². The molecule has 3 heteroatoms. The minimum absolute atomic E-state index is 0.662. The van der Waals surface area contributed by atoms with E-state index in [1.807, 2.05) is 18.2 Å². The van der Waals surface area contributed by atoms with Crippen LogP contribution in [0.2, 0.25) is 0 Å². The minimum Gasteiger partial charge on any atom is -0.398 e. The molecule has 3 N–H and O–H groups in total. The van der Waals surface area contributed by atoms with Gasteiger partial charge >= 0.3 is 0 Å². The molecule has 0 heterocycles. The molecule has 1 aromatic rings. The van der Waals surface area contributed by atoms with Gasteiger partial charge in [0.1, 0.15) is 0 Å². The average molecular weight is 246 g/mol. The van der Waals surface area contributed by atoms with Crippen LogP contribution in [-0.4, -0.2) is 6.21 Å². The molecule has 0 saturated heterocycles. The second kappa shape index (κ2) is 3.01. The number of nitrogens with two attached hydrogens (primary N) is 1. The van der Waals surface area contributed by atoms with E-state index in [1.54, 1.807) is 0 Å². The third-order valence-corrected chi connectivity index (χ3v) is 1.88. The second-order valence-electron chi connectivity index (χ2n) is 1.92. The third kappa shape index (κ3) is 1.47. The van der Waals surface area contributed by atoms with E-state index in [9.17, 15) is 0 Å². The van der Waals surface area contributed by atoms with Crippen molar-refractivity contribution < 1.29 is 0 Å². The van der Waals surface area contributed by atoms with E-state index in [1.165, 1.54) is 6.21 Å². The molecular formula is C7H7IN2. The molecule has 0 aliphatic rings. The molecule has 0 aliphatic heterocycles. The fourth-order valence-electron chi connectivity index (χ4n) is 0.671. The molecule has 0 amide bonds. The Labute approximate surface area is 73.1 Å². The Morgan fingerprint density at radius 2 is 2.20 bits per heavy atom. The van der Waals surface area contributed by atoms with Gasteiger partial charge in [0.05, 0.1) is 0 Å². The highest BCUT2D eigenvalue weighted by molar-refractivity contribution is 14.1. The van der Waals surface area contributed by atoms with Gasteiger partial charge in [0.15, 0.2) is 0 Å². The summed E-state index contributed by atoms with van der Waals surface area (Å²) >= 11 is 2.19. The van der Waals surface area contributed by atoms with Crippen LogP contribution in [0.3, 0.4) is 0 Å². The first-order chi connectivity index (χ1) is 4.74. The van der Waals surface area contributed by atoms with Gasteiger partial charge in [0, 0.05) is 21.0 Å². The van der Waals surface area contributed by atoms with Gasteiger partial charge in [-0.25, -0.2) is 0 Å². The van der Waals surface area contributed by atoms with Crippen LogP contribution in [0.5, 0.6) is 0 Å². The van der Waals surface area contributed by atoms with Crippen molar-refractivity contribution in [2.24, 2.45) is 0 Å². The molecule has 52 valence electrons. The first-order valence-corrected chi connectivity index (χ1v) is 3.87. The highest BCUT2D eigenvalue weighted by Gasteiger charge is 1.94. The summed E-state index contributed by atoms with van der Waals surface area (Å²) in [6.07, 6.45) is 1.26. The maximum absolute atomic E-state index is 6.97. The van der Waals surface area contributed by atoms with Crippen LogP contribution >= 0.6 is 22.6 Å². The predicted octanol–water partition coefficient (Wildman–Crippen LogP) is 1.87. The summed E-state index contributed by atoms with van der Waals surface area (Å²) in [5.41, 5.74) is 6.99. The molecule has 0 radical (unpaired) electrons. The topological polar surface area (TPSA) is 49.9 Å². The molecule has 0 aromatic heterocycles. The van der Waals surface area contributed by atoms with Crippen molar-refractivity contribution >= 4 is 34.5 Å².